The summed E-state index contributed by atoms with van der Waals surface area (Å²) in [6.45, 7) is 0. The van der Waals surface area contributed by atoms with Gasteiger partial charge in [-0.3, -0.25) is 4.55 Å². The summed E-state index contributed by atoms with van der Waals surface area (Å²) in [6.07, 6.45) is -4.61. The molecule has 84 valence electrons. The standard InChI is InChI=1S/C7H11F3O3S/c8-7(9,10)5-2-1-3-6(4-5)14(11,12)13/h5-6H,1-4H2,(H,11,12,13). The average Bonchev–Trinajstić information content (AvgIpc) is 2.01. The molecule has 2 atom stereocenters. The minimum Gasteiger partial charge on any atom is -0.285 e. The van der Waals surface area contributed by atoms with E-state index in [0.717, 1.165) is 0 Å². The Labute approximate surface area is 80.0 Å². The van der Waals surface area contributed by atoms with Crippen molar-refractivity contribution in [2.45, 2.75) is 37.1 Å². The van der Waals surface area contributed by atoms with Crippen LogP contribution < -0.4 is 0 Å². The van der Waals surface area contributed by atoms with Crippen LogP contribution in [0.4, 0.5) is 13.2 Å². The molecule has 3 nitrogen and oxygen atoms in total. The minimum atomic E-state index is -4.36. The van der Waals surface area contributed by atoms with E-state index in [1.165, 1.54) is 0 Å². The van der Waals surface area contributed by atoms with Gasteiger partial charge in [0, 0.05) is 0 Å². The van der Waals surface area contributed by atoms with Gasteiger partial charge in [0.15, 0.2) is 0 Å². The first-order valence-electron chi connectivity index (χ1n) is 4.24. The Bertz CT molecular complexity index is 296. The number of hydrogen-bond donors (Lipinski definition) is 1. The fraction of sp³-hybridized carbons (Fsp3) is 1.00. The topological polar surface area (TPSA) is 54.4 Å². The molecule has 0 saturated heterocycles. The lowest BCUT2D eigenvalue weighted by Crippen LogP contribution is -2.34. The molecule has 0 aromatic carbocycles. The molecule has 0 aromatic rings. The van der Waals surface area contributed by atoms with Crippen LogP contribution in [0.25, 0.3) is 0 Å². The summed E-state index contributed by atoms with van der Waals surface area (Å²) >= 11 is 0. The lowest BCUT2D eigenvalue weighted by Gasteiger charge is -2.28. The molecule has 14 heavy (non-hydrogen) atoms. The van der Waals surface area contributed by atoms with E-state index in [2.05, 4.69) is 0 Å². The maximum Gasteiger partial charge on any atom is 0.391 e. The van der Waals surface area contributed by atoms with Crippen LogP contribution in [0.2, 0.25) is 0 Å². The van der Waals surface area contributed by atoms with Crippen LogP contribution in [0, 0.1) is 5.92 Å². The molecular formula is C7H11F3O3S. The predicted octanol–water partition coefficient (Wildman–Crippen LogP) is 2.00. The van der Waals surface area contributed by atoms with Gasteiger partial charge in [-0.1, -0.05) is 6.42 Å². The van der Waals surface area contributed by atoms with Crippen LogP contribution in [0.3, 0.4) is 0 Å². The smallest absolute Gasteiger partial charge is 0.285 e. The van der Waals surface area contributed by atoms with E-state index < -0.39 is 33.9 Å². The van der Waals surface area contributed by atoms with Crippen molar-refractivity contribution >= 4 is 10.1 Å². The summed E-state index contributed by atoms with van der Waals surface area (Å²) in [5.74, 6) is -1.59. The normalized spacial score (nSPS) is 30.3. The van der Waals surface area contributed by atoms with Crippen LogP contribution >= 0.6 is 0 Å². The maximum atomic E-state index is 12.2. The van der Waals surface area contributed by atoms with Crippen LogP contribution in [-0.2, 0) is 10.1 Å². The minimum absolute atomic E-state index is 0.0461. The van der Waals surface area contributed by atoms with E-state index in [1.54, 1.807) is 0 Å². The first-order chi connectivity index (χ1) is 6.21. The van der Waals surface area contributed by atoms with Crippen molar-refractivity contribution in [2.75, 3.05) is 0 Å². The van der Waals surface area contributed by atoms with Crippen molar-refractivity contribution in [1.29, 1.82) is 0 Å². The largest absolute Gasteiger partial charge is 0.391 e. The summed E-state index contributed by atoms with van der Waals surface area (Å²) in [7, 11) is -4.32. The van der Waals surface area contributed by atoms with Gasteiger partial charge in [0.25, 0.3) is 10.1 Å². The van der Waals surface area contributed by atoms with Gasteiger partial charge in [-0.25, -0.2) is 0 Å². The summed E-state index contributed by atoms with van der Waals surface area (Å²) < 4.78 is 66.6. The molecule has 0 radical (unpaired) electrons. The number of alkyl halides is 3. The Kier molecular flexibility index (Phi) is 3.10. The molecule has 1 aliphatic carbocycles. The Hall–Kier alpha value is -0.300. The molecule has 1 aliphatic rings. The highest BCUT2D eigenvalue weighted by molar-refractivity contribution is 7.86. The van der Waals surface area contributed by atoms with Crippen LogP contribution in [0.15, 0.2) is 0 Å². The van der Waals surface area contributed by atoms with Gasteiger partial charge in [-0.15, -0.1) is 0 Å². The summed E-state index contributed by atoms with van der Waals surface area (Å²) in [4.78, 5) is 0. The van der Waals surface area contributed by atoms with E-state index in [1.807, 2.05) is 0 Å². The zero-order valence-corrected chi connectivity index (χ0v) is 8.11. The van der Waals surface area contributed by atoms with Crippen molar-refractivity contribution in [1.82, 2.24) is 0 Å². The van der Waals surface area contributed by atoms with Gasteiger partial charge < -0.3 is 0 Å². The molecule has 0 aliphatic heterocycles. The highest BCUT2D eigenvalue weighted by Gasteiger charge is 2.44. The fourth-order valence-electron chi connectivity index (χ4n) is 1.71. The van der Waals surface area contributed by atoms with Crippen molar-refractivity contribution in [3.63, 3.8) is 0 Å². The van der Waals surface area contributed by atoms with Crippen LogP contribution in [-0.4, -0.2) is 24.4 Å². The second kappa shape index (κ2) is 3.69. The van der Waals surface area contributed by atoms with Crippen molar-refractivity contribution in [3.8, 4) is 0 Å². The van der Waals surface area contributed by atoms with E-state index in [0.29, 0.717) is 0 Å². The quantitative estimate of drug-likeness (QED) is 0.703. The number of hydrogen-bond acceptors (Lipinski definition) is 2. The highest BCUT2D eigenvalue weighted by Crippen LogP contribution is 2.39. The predicted molar refractivity (Wildman–Crippen MR) is 43.3 cm³/mol. The zero-order chi connectivity index (χ0) is 11.0. The Morgan fingerprint density at radius 2 is 1.79 bits per heavy atom. The monoisotopic (exact) mass is 232 g/mol. The number of rotatable bonds is 1. The van der Waals surface area contributed by atoms with Crippen molar-refractivity contribution in [2.24, 2.45) is 5.92 Å². The third-order valence-electron chi connectivity index (χ3n) is 2.51. The molecule has 0 amide bonds. The highest BCUT2D eigenvalue weighted by atomic mass is 32.2. The van der Waals surface area contributed by atoms with Gasteiger partial charge >= 0.3 is 6.18 Å². The SMILES string of the molecule is O=S(=O)(O)C1CCCC(C(F)(F)F)C1. The van der Waals surface area contributed by atoms with Gasteiger partial charge in [0.2, 0.25) is 0 Å². The second-order valence-corrected chi connectivity index (χ2v) is 5.24. The van der Waals surface area contributed by atoms with E-state index in [9.17, 15) is 21.6 Å². The molecule has 1 N–H and O–H groups in total. The molecule has 1 fully saturated rings. The first-order valence-corrected chi connectivity index (χ1v) is 5.74. The van der Waals surface area contributed by atoms with Crippen LogP contribution in [0.5, 0.6) is 0 Å². The van der Waals surface area contributed by atoms with Gasteiger partial charge in [-0.05, 0) is 19.3 Å². The van der Waals surface area contributed by atoms with Gasteiger partial charge in [-0.2, -0.15) is 21.6 Å². The summed E-state index contributed by atoms with van der Waals surface area (Å²) in [5, 5.41) is -1.25. The van der Waals surface area contributed by atoms with Crippen molar-refractivity contribution < 1.29 is 26.1 Å². The molecule has 0 heterocycles. The van der Waals surface area contributed by atoms with E-state index in [4.69, 9.17) is 4.55 Å². The molecular weight excluding hydrogens is 221 g/mol. The lowest BCUT2D eigenvalue weighted by molar-refractivity contribution is -0.181. The third kappa shape index (κ3) is 2.84. The molecule has 0 spiro atoms. The maximum absolute atomic E-state index is 12.2. The first kappa shape index (κ1) is 11.8. The molecule has 0 aromatic heterocycles. The van der Waals surface area contributed by atoms with Crippen molar-refractivity contribution in [3.05, 3.63) is 0 Å². The third-order valence-corrected chi connectivity index (χ3v) is 3.78. The fourth-order valence-corrected chi connectivity index (χ4v) is 2.65. The van der Waals surface area contributed by atoms with Gasteiger partial charge in [0.05, 0.1) is 11.2 Å². The molecule has 7 heteroatoms. The number of halogens is 3. The Balaban J connectivity index is 2.71. The average molecular weight is 232 g/mol. The van der Waals surface area contributed by atoms with E-state index >= 15 is 0 Å². The van der Waals surface area contributed by atoms with Crippen LogP contribution in [0.1, 0.15) is 25.7 Å². The lowest BCUT2D eigenvalue weighted by atomic mass is 9.88. The molecule has 1 rings (SSSR count). The Morgan fingerprint density at radius 3 is 2.21 bits per heavy atom. The second-order valence-electron chi connectivity index (χ2n) is 3.54. The zero-order valence-electron chi connectivity index (χ0n) is 7.29. The van der Waals surface area contributed by atoms with E-state index in [-0.39, 0.29) is 19.3 Å². The summed E-state index contributed by atoms with van der Waals surface area (Å²) in [5.41, 5.74) is 0. The Morgan fingerprint density at radius 1 is 1.21 bits per heavy atom. The molecule has 0 bridgehead atoms. The molecule has 2 unspecified atom stereocenters. The molecule has 1 saturated carbocycles. The van der Waals surface area contributed by atoms with Gasteiger partial charge in [0.1, 0.15) is 0 Å². The summed E-state index contributed by atoms with van der Waals surface area (Å²) in [6, 6.07) is 0.